The summed E-state index contributed by atoms with van der Waals surface area (Å²) >= 11 is 4.86. The van der Waals surface area contributed by atoms with Crippen LogP contribution < -0.4 is 5.73 Å². The third kappa shape index (κ3) is 0.947. The topological polar surface area (TPSA) is 67.6 Å². The fraction of sp³-hybridized carbons (Fsp3) is 0. The van der Waals surface area contributed by atoms with E-state index in [1.54, 1.807) is 18.5 Å². The summed E-state index contributed by atoms with van der Waals surface area (Å²) < 4.78 is 0. The van der Waals surface area contributed by atoms with E-state index in [2.05, 4.69) is 15.2 Å². The SMILES string of the molecule is NC(=S)c1ccnc2[nH]ncc12. The van der Waals surface area contributed by atoms with Crippen LogP contribution in [-0.2, 0) is 0 Å². The van der Waals surface area contributed by atoms with Crippen molar-refractivity contribution in [2.24, 2.45) is 5.73 Å². The van der Waals surface area contributed by atoms with Gasteiger partial charge < -0.3 is 5.73 Å². The Kier molecular flexibility index (Phi) is 1.51. The molecule has 12 heavy (non-hydrogen) atoms. The highest BCUT2D eigenvalue weighted by Crippen LogP contribution is 2.12. The first-order chi connectivity index (χ1) is 5.79. The molecule has 0 fully saturated rings. The minimum Gasteiger partial charge on any atom is -0.389 e. The number of aromatic nitrogens is 3. The highest BCUT2D eigenvalue weighted by atomic mass is 32.1. The molecule has 0 aliphatic heterocycles. The van der Waals surface area contributed by atoms with E-state index >= 15 is 0 Å². The molecule has 0 spiro atoms. The smallest absolute Gasteiger partial charge is 0.155 e. The number of hydrogen-bond donors (Lipinski definition) is 2. The van der Waals surface area contributed by atoms with E-state index in [0.29, 0.717) is 10.6 Å². The Morgan fingerprint density at radius 2 is 2.42 bits per heavy atom. The Morgan fingerprint density at radius 3 is 3.17 bits per heavy atom. The molecule has 2 aromatic heterocycles. The van der Waals surface area contributed by atoms with Crippen LogP contribution in [0.5, 0.6) is 0 Å². The highest BCUT2D eigenvalue weighted by molar-refractivity contribution is 7.80. The summed E-state index contributed by atoms with van der Waals surface area (Å²) in [7, 11) is 0. The summed E-state index contributed by atoms with van der Waals surface area (Å²) in [6, 6.07) is 1.78. The van der Waals surface area contributed by atoms with Gasteiger partial charge >= 0.3 is 0 Å². The van der Waals surface area contributed by atoms with Crippen LogP contribution in [0.15, 0.2) is 18.5 Å². The van der Waals surface area contributed by atoms with Gasteiger partial charge in [0.05, 0.1) is 6.20 Å². The first kappa shape index (κ1) is 7.17. The lowest BCUT2D eigenvalue weighted by atomic mass is 10.2. The number of nitrogens with two attached hydrogens (primary N) is 1. The zero-order valence-electron chi connectivity index (χ0n) is 6.11. The quantitative estimate of drug-likeness (QED) is 0.627. The number of nitrogens with zero attached hydrogens (tertiary/aromatic N) is 2. The molecule has 60 valence electrons. The van der Waals surface area contributed by atoms with Crippen molar-refractivity contribution < 1.29 is 0 Å². The van der Waals surface area contributed by atoms with Crippen LogP contribution in [0.2, 0.25) is 0 Å². The minimum atomic E-state index is 0.365. The Bertz CT molecular complexity index is 434. The molecule has 0 bridgehead atoms. The maximum atomic E-state index is 5.50. The molecule has 0 aliphatic carbocycles. The molecule has 2 heterocycles. The van der Waals surface area contributed by atoms with Crippen molar-refractivity contribution in [2.45, 2.75) is 0 Å². The third-order valence-corrected chi connectivity index (χ3v) is 1.84. The molecule has 0 aliphatic rings. The second-order valence-electron chi connectivity index (χ2n) is 2.36. The lowest BCUT2D eigenvalue weighted by Crippen LogP contribution is -2.09. The lowest BCUT2D eigenvalue weighted by molar-refractivity contribution is 1.10. The van der Waals surface area contributed by atoms with Crippen molar-refractivity contribution in [3.05, 3.63) is 24.0 Å². The molecular weight excluding hydrogens is 172 g/mol. The first-order valence-electron chi connectivity index (χ1n) is 3.37. The van der Waals surface area contributed by atoms with Crippen LogP contribution in [0.1, 0.15) is 5.56 Å². The fourth-order valence-electron chi connectivity index (χ4n) is 1.07. The fourth-order valence-corrected chi connectivity index (χ4v) is 1.24. The van der Waals surface area contributed by atoms with Crippen molar-refractivity contribution in [1.82, 2.24) is 15.2 Å². The Balaban J connectivity index is 2.82. The van der Waals surface area contributed by atoms with Gasteiger partial charge in [0.25, 0.3) is 0 Å². The maximum absolute atomic E-state index is 5.50. The van der Waals surface area contributed by atoms with Crippen molar-refractivity contribution in [3.63, 3.8) is 0 Å². The van der Waals surface area contributed by atoms with E-state index < -0.39 is 0 Å². The molecule has 0 amide bonds. The van der Waals surface area contributed by atoms with E-state index in [1.807, 2.05) is 0 Å². The van der Waals surface area contributed by atoms with Crippen LogP contribution in [0, 0.1) is 0 Å². The molecule has 2 rings (SSSR count). The zero-order valence-corrected chi connectivity index (χ0v) is 6.93. The summed E-state index contributed by atoms with van der Waals surface area (Å²) in [6.07, 6.45) is 3.31. The standard InChI is InChI=1S/C7H6N4S/c8-6(12)4-1-2-9-7-5(4)3-10-11-7/h1-3H,(H2,8,12)(H,9,10,11). The Hall–Kier alpha value is -1.49. The molecule has 0 unspecified atom stereocenters. The summed E-state index contributed by atoms with van der Waals surface area (Å²) in [5.41, 5.74) is 7.02. The molecule has 0 saturated carbocycles. The van der Waals surface area contributed by atoms with E-state index in [1.165, 1.54) is 0 Å². The summed E-state index contributed by atoms with van der Waals surface area (Å²) in [6.45, 7) is 0. The second kappa shape index (κ2) is 2.53. The van der Waals surface area contributed by atoms with Gasteiger partial charge in [-0.25, -0.2) is 4.98 Å². The van der Waals surface area contributed by atoms with E-state index in [4.69, 9.17) is 18.0 Å². The van der Waals surface area contributed by atoms with Gasteiger partial charge in [-0.05, 0) is 6.07 Å². The number of fused-ring (bicyclic) bond motifs is 1. The van der Waals surface area contributed by atoms with Crippen molar-refractivity contribution in [1.29, 1.82) is 0 Å². The van der Waals surface area contributed by atoms with Gasteiger partial charge in [-0.15, -0.1) is 0 Å². The number of nitrogens with one attached hydrogen (secondary N) is 1. The van der Waals surface area contributed by atoms with E-state index in [0.717, 1.165) is 10.9 Å². The summed E-state index contributed by atoms with van der Waals surface area (Å²) in [5, 5.41) is 7.45. The van der Waals surface area contributed by atoms with Gasteiger partial charge in [0.2, 0.25) is 0 Å². The lowest BCUT2D eigenvalue weighted by Gasteiger charge is -1.96. The predicted octanol–water partition coefficient (Wildman–Crippen LogP) is 0.592. The van der Waals surface area contributed by atoms with Gasteiger partial charge in [0, 0.05) is 17.1 Å². The Labute approximate surface area is 73.8 Å². The zero-order chi connectivity index (χ0) is 8.55. The van der Waals surface area contributed by atoms with E-state index in [-0.39, 0.29) is 0 Å². The summed E-state index contributed by atoms with van der Waals surface area (Å²) in [4.78, 5) is 4.42. The molecule has 5 heteroatoms. The van der Waals surface area contributed by atoms with Gasteiger partial charge in [-0.1, -0.05) is 12.2 Å². The molecule has 0 radical (unpaired) electrons. The van der Waals surface area contributed by atoms with Crippen LogP contribution in [-0.4, -0.2) is 20.2 Å². The predicted molar refractivity (Wildman–Crippen MR) is 49.8 cm³/mol. The molecule has 0 atom stereocenters. The van der Waals surface area contributed by atoms with Crippen molar-refractivity contribution in [2.75, 3.05) is 0 Å². The number of H-pyrrole nitrogens is 1. The molecule has 0 aromatic carbocycles. The van der Waals surface area contributed by atoms with Crippen molar-refractivity contribution >= 4 is 28.2 Å². The third-order valence-electron chi connectivity index (χ3n) is 1.62. The van der Waals surface area contributed by atoms with Gasteiger partial charge in [-0.2, -0.15) is 5.10 Å². The number of hydrogen-bond acceptors (Lipinski definition) is 3. The summed E-state index contributed by atoms with van der Waals surface area (Å²) in [5.74, 6) is 0. The number of thiocarbonyl (C=S) groups is 1. The monoisotopic (exact) mass is 178 g/mol. The largest absolute Gasteiger partial charge is 0.389 e. The van der Waals surface area contributed by atoms with Crippen LogP contribution in [0.3, 0.4) is 0 Å². The van der Waals surface area contributed by atoms with Crippen LogP contribution >= 0.6 is 12.2 Å². The first-order valence-corrected chi connectivity index (χ1v) is 3.78. The molecule has 2 aromatic rings. The number of rotatable bonds is 1. The van der Waals surface area contributed by atoms with Crippen molar-refractivity contribution in [3.8, 4) is 0 Å². The van der Waals surface area contributed by atoms with Gasteiger partial charge in [-0.3, -0.25) is 5.10 Å². The molecule has 4 nitrogen and oxygen atoms in total. The van der Waals surface area contributed by atoms with E-state index in [9.17, 15) is 0 Å². The molecule has 3 N–H and O–H groups in total. The number of aromatic amines is 1. The molecular formula is C7H6N4S. The molecule has 0 saturated heterocycles. The van der Waals surface area contributed by atoms with Gasteiger partial charge in [0.15, 0.2) is 5.65 Å². The average Bonchev–Trinajstić information content (AvgIpc) is 2.49. The Morgan fingerprint density at radius 1 is 1.58 bits per heavy atom. The van der Waals surface area contributed by atoms with Crippen LogP contribution in [0.4, 0.5) is 0 Å². The van der Waals surface area contributed by atoms with Crippen LogP contribution in [0.25, 0.3) is 11.0 Å². The maximum Gasteiger partial charge on any atom is 0.155 e. The average molecular weight is 178 g/mol. The minimum absolute atomic E-state index is 0.365. The highest BCUT2D eigenvalue weighted by Gasteiger charge is 2.04. The van der Waals surface area contributed by atoms with Gasteiger partial charge in [0.1, 0.15) is 4.99 Å². The normalized spacial score (nSPS) is 10.3. The number of pyridine rings is 1. The second-order valence-corrected chi connectivity index (χ2v) is 2.79.